The summed E-state index contributed by atoms with van der Waals surface area (Å²) in [7, 11) is 0. The highest BCUT2D eigenvalue weighted by atomic mass is 79.9. The van der Waals surface area contributed by atoms with Crippen molar-refractivity contribution in [2.75, 3.05) is 11.9 Å². The fourth-order valence-electron chi connectivity index (χ4n) is 2.09. The molecule has 1 aromatic rings. The fraction of sp³-hybridized carbons (Fsp3) is 0.429. The molecule has 1 fully saturated rings. The van der Waals surface area contributed by atoms with E-state index in [2.05, 4.69) is 42.5 Å². The zero-order valence-electron chi connectivity index (χ0n) is 11.5. The standard InChI is InChI=1S/C14H16Br2N2O3/c1-7-4-9(15)13(10(16)5-7)18-11(19)6-17-12(14(20)21)8-2-3-8/h4-5,8,12,17H,2-3,6H2,1H3,(H,18,19)(H,20,21). The summed E-state index contributed by atoms with van der Waals surface area (Å²) in [5.41, 5.74) is 1.70. The molecule has 0 spiro atoms. The van der Waals surface area contributed by atoms with Crippen LogP contribution in [0, 0.1) is 12.8 Å². The minimum absolute atomic E-state index is 0.0276. The van der Waals surface area contributed by atoms with E-state index in [0.29, 0.717) is 5.69 Å². The van der Waals surface area contributed by atoms with Crippen LogP contribution in [0.15, 0.2) is 21.1 Å². The minimum atomic E-state index is -0.900. The Morgan fingerprint density at radius 2 is 1.90 bits per heavy atom. The van der Waals surface area contributed by atoms with Crippen molar-refractivity contribution in [3.05, 3.63) is 26.6 Å². The van der Waals surface area contributed by atoms with Gasteiger partial charge in [0, 0.05) is 8.95 Å². The zero-order valence-corrected chi connectivity index (χ0v) is 14.6. The van der Waals surface area contributed by atoms with Crippen molar-refractivity contribution in [2.24, 2.45) is 5.92 Å². The van der Waals surface area contributed by atoms with E-state index in [9.17, 15) is 9.59 Å². The number of carboxylic acids is 1. The third-order valence-electron chi connectivity index (χ3n) is 3.29. The first-order chi connectivity index (χ1) is 9.88. The molecular weight excluding hydrogens is 404 g/mol. The molecule has 0 radical (unpaired) electrons. The predicted molar refractivity (Wildman–Crippen MR) is 87.4 cm³/mol. The van der Waals surface area contributed by atoms with Crippen LogP contribution in [-0.4, -0.2) is 29.6 Å². The molecule has 0 bridgehead atoms. The topological polar surface area (TPSA) is 78.4 Å². The quantitative estimate of drug-likeness (QED) is 0.662. The maximum atomic E-state index is 12.0. The van der Waals surface area contributed by atoms with Gasteiger partial charge in [0.05, 0.1) is 12.2 Å². The number of carbonyl (C=O) groups excluding carboxylic acids is 1. The number of nitrogens with one attached hydrogen (secondary N) is 2. The van der Waals surface area contributed by atoms with Crippen LogP contribution in [0.4, 0.5) is 5.69 Å². The molecule has 7 heteroatoms. The Kier molecular flexibility index (Phi) is 5.40. The first-order valence-electron chi connectivity index (χ1n) is 6.60. The van der Waals surface area contributed by atoms with E-state index in [4.69, 9.17) is 5.11 Å². The number of amides is 1. The van der Waals surface area contributed by atoms with Gasteiger partial charge in [0.15, 0.2) is 0 Å². The molecule has 0 aromatic heterocycles. The summed E-state index contributed by atoms with van der Waals surface area (Å²) in [6.07, 6.45) is 1.81. The SMILES string of the molecule is Cc1cc(Br)c(NC(=O)CNC(C(=O)O)C2CC2)c(Br)c1. The number of benzene rings is 1. The maximum Gasteiger partial charge on any atom is 0.320 e. The van der Waals surface area contributed by atoms with Crippen molar-refractivity contribution < 1.29 is 14.7 Å². The average molecular weight is 420 g/mol. The highest BCUT2D eigenvalue weighted by Gasteiger charge is 2.36. The average Bonchev–Trinajstić information content (AvgIpc) is 3.18. The molecule has 1 aromatic carbocycles. The van der Waals surface area contributed by atoms with Gasteiger partial charge < -0.3 is 10.4 Å². The number of carbonyl (C=O) groups is 2. The van der Waals surface area contributed by atoms with Gasteiger partial charge in [0.2, 0.25) is 5.91 Å². The normalized spacial score (nSPS) is 15.6. The Bertz CT molecular complexity index is 550. The predicted octanol–water partition coefficient (Wildman–Crippen LogP) is 2.91. The molecule has 114 valence electrons. The summed E-state index contributed by atoms with van der Waals surface area (Å²) in [5, 5.41) is 14.7. The van der Waals surface area contributed by atoms with E-state index < -0.39 is 12.0 Å². The molecule has 2 rings (SSSR count). The molecule has 21 heavy (non-hydrogen) atoms. The van der Waals surface area contributed by atoms with Crippen molar-refractivity contribution in [3.8, 4) is 0 Å². The molecule has 1 saturated carbocycles. The third-order valence-corrected chi connectivity index (χ3v) is 4.54. The summed E-state index contributed by atoms with van der Waals surface area (Å²) < 4.78 is 1.56. The van der Waals surface area contributed by atoms with Gasteiger partial charge in [-0.15, -0.1) is 0 Å². The van der Waals surface area contributed by atoms with Crippen molar-refractivity contribution in [2.45, 2.75) is 25.8 Å². The fourth-order valence-corrected chi connectivity index (χ4v) is 3.70. The highest BCUT2D eigenvalue weighted by Crippen LogP contribution is 2.33. The molecule has 5 nitrogen and oxygen atoms in total. The van der Waals surface area contributed by atoms with Crippen LogP contribution in [0.3, 0.4) is 0 Å². The Balaban J connectivity index is 1.94. The third kappa shape index (κ3) is 4.52. The van der Waals surface area contributed by atoms with E-state index in [0.717, 1.165) is 27.4 Å². The molecule has 1 unspecified atom stereocenters. The lowest BCUT2D eigenvalue weighted by molar-refractivity contribution is -0.140. The van der Waals surface area contributed by atoms with Crippen LogP contribution in [-0.2, 0) is 9.59 Å². The van der Waals surface area contributed by atoms with Crippen molar-refractivity contribution in [1.82, 2.24) is 5.32 Å². The number of halogens is 2. The Hall–Kier alpha value is -0.920. The molecule has 1 amide bonds. The van der Waals surface area contributed by atoms with Gasteiger partial charge in [-0.05, 0) is 75.2 Å². The van der Waals surface area contributed by atoms with Crippen LogP contribution in [0.5, 0.6) is 0 Å². The molecule has 0 heterocycles. The molecule has 0 aliphatic heterocycles. The van der Waals surface area contributed by atoms with Crippen LogP contribution < -0.4 is 10.6 Å². The number of aliphatic carboxylic acids is 1. The minimum Gasteiger partial charge on any atom is -0.480 e. The monoisotopic (exact) mass is 418 g/mol. The van der Waals surface area contributed by atoms with Crippen LogP contribution >= 0.6 is 31.9 Å². The number of rotatable bonds is 6. The molecule has 3 N–H and O–H groups in total. The van der Waals surface area contributed by atoms with Gasteiger partial charge in [0.1, 0.15) is 6.04 Å². The lowest BCUT2D eigenvalue weighted by atomic mass is 10.2. The Morgan fingerprint density at radius 1 is 1.33 bits per heavy atom. The number of hydrogen-bond donors (Lipinski definition) is 3. The summed E-state index contributed by atoms with van der Waals surface area (Å²) in [5.74, 6) is -1.02. The summed E-state index contributed by atoms with van der Waals surface area (Å²) in [6, 6.07) is 3.16. The van der Waals surface area contributed by atoms with Gasteiger partial charge in [-0.25, -0.2) is 0 Å². The van der Waals surface area contributed by atoms with Gasteiger partial charge >= 0.3 is 5.97 Å². The Morgan fingerprint density at radius 3 is 2.38 bits per heavy atom. The molecule has 1 atom stereocenters. The second-order valence-electron chi connectivity index (χ2n) is 5.19. The van der Waals surface area contributed by atoms with Gasteiger partial charge in [0.25, 0.3) is 0 Å². The summed E-state index contributed by atoms with van der Waals surface area (Å²) in [4.78, 5) is 23.1. The number of aryl methyl sites for hydroxylation is 1. The van der Waals surface area contributed by atoms with Crippen LogP contribution in [0.2, 0.25) is 0 Å². The zero-order chi connectivity index (χ0) is 15.6. The van der Waals surface area contributed by atoms with E-state index in [1.165, 1.54) is 0 Å². The van der Waals surface area contributed by atoms with Crippen molar-refractivity contribution in [3.63, 3.8) is 0 Å². The first kappa shape index (κ1) is 16.5. The summed E-state index contributed by atoms with van der Waals surface area (Å²) in [6.45, 7) is 1.93. The van der Waals surface area contributed by atoms with Gasteiger partial charge in [-0.3, -0.25) is 14.9 Å². The van der Waals surface area contributed by atoms with E-state index in [-0.39, 0.29) is 18.4 Å². The van der Waals surface area contributed by atoms with E-state index >= 15 is 0 Å². The number of anilines is 1. The van der Waals surface area contributed by atoms with Crippen molar-refractivity contribution in [1.29, 1.82) is 0 Å². The second kappa shape index (κ2) is 6.89. The Labute approximate surface area is 139 Å². The lowest BCUT2D eigenvalue weighted by Crippen LogP contribution is -2.42. The van der Waals surface area contributed by atoms with Gasteiger partial charge in [-0.1, -0.05) is 0 Å². The van der Waals surface area contributed by atoms with Crippen molar-refractivity contribution >= 4 is 49.4 Å². The molecule has 1 aliphatic carbocycles. The first-order valence-corrected chi connectivity index (χ1v) is 8.18. The van der Waals surface area contributed by atoms with E-state index in [1.54, 1.807) is 0 Å². The lowest BCUT2D eigenvalue weighted by Gasteiger charge is -2.14. The number of carboxylic acid groups (broad SMARTS) is 1. The smallest absolute Gasteiger partial charge is 0.320 e. The molecule has 1 aliphatic rings. The molecule has 0 saturated heterocycles. The molecular formula is C14H16Br2N2O3. The van der Waals surface area contributed by atoms with Crippen LogP contribution in [0.1, 0.15) is 18.4 Å². The van der Waals surface area contributed by atoms with Gasteiger partial charge in [-0.2, -0.15) is 0 Å². The van der Waals surface area contributed by atoms with E-state index in [1.807, 2.05) is 19.1 Å². The largest absolute Gasteiger partial charge is 0.480 e. The number of hydrogen-bond acceptors (Lipinski definition) is 3. The second-order valence-corrected chi connectivity index (χ2v) is 6.89. The highest BCUT2D eigenvalue weighted by molar-refractivity contribution is 9.11. The van der Waals surface area contributed by atoms with Crippen LogP contribution in [0.25, 0.3) is 0 Å². The summed E-state index contributed by atoms with van der Waals surface area (Å²) >= 11 is 6.81. The maximum absolute atomic E-state index is 12.0.